The molecule has 0 fully saturated rings. The molecule has 0 aromatic carbocycles. The minimum atomic E-state index is -4.96. The lowest BCUT2D eigenvalue weighted by Crippen LogP contribution is -2.30. The van der Waals surface area contributed by atoms with Crippen molar-refractivity contribution in [1.82, 2.24) is 0 Å². The molecule has 0 aromatic rings. The number of aliphatic hydroxyl groups is 1. The molecule has 0 bridgehead atoms. The van der Waals surface area contributed by atoms with Crippen LogP contribution in [0.2, 0.25) is 0 Å². The second-order valence-electron chi connectivity index (χ2n) is 28.6. The van der Waals surface area contributed by atoms with Crippen molar-refractivity contribution in [2.75, 3.05) is 39.6 Å². The minimum Gasteiger partial charge on any atom is -0.462 e. The van der Waals surface area contributed by atoms with E-state index in [4.69, 9.17) is 37.0 Å². The standard InChI is InChI=1S/C78H152O17P2/c1-6-9-12-15-18-20-22-24-26-28-30-32-34-38-42-47-52-57-62-76(81)89-68-74(95-77(82)63-58-53-48-43-39-35-33-31-29-27-25-23-21-19-16-13-10-7-2)70-93-97(86,87)91-66-72(79)65-90-96(84,85)92-69-73(67-88-75(80)61-56-51-45-17-14-11-8-3)94-78(83)64-59-54-49-44-40-36-37-41-46-50-55-60-71(4)5/h71-74,79H,6-70H2,1-5H3,(H,84,85)(H,86,87)/t72-,73+,74+/m0/s1. The zero-order valence-electron chi connectivity index (χ0n) is 63.2. The molecular formula is C78H152O17P2. The van der Waals surface area contributed by atoms with Crippen LogP contribution < -0.4 is 0 Å². The van der Waals surface area contributed by atoms with Crippen molar-refractivity contribution in [3.8, 4) is 0 Å². The Morgan fingerprint density at radius 1 is 0.278 bits per heavy atom. The number of ether oxygens (including phenoxy) is 4. The maximum Gasteiger partial charge on any atom is 0.472 e. The Morgan fingerprint density at radius 3 is 0.701 bits per heavy atom. The molecular weight excluding hydrogens is 1270 g/mol. The average molecular weight is 1420 g/mol. The third-order valence-corrected chi connectivity index (χ3v) is 20.2. The fourth-order valence-electron chi connectivity index (χ4n) is 12.1. The normalized spacial score (nSPS) is 13.9. The van der Waals surface area contributed by atoms with E-state index in [1.807, 2.05) is 0 Å². The zero-order chi connectivity index (χ0) is 71.2. The predicted molar refractivity (Wildman–Crippen MR) is 395 cm³/mol. The SMILES string of the molecule is CCCCCCCCCCCCCCCCCCCCC(=O)OC[C@H](COP(=O)(O)OC[C@@H](O)COP(=O)(O)OC[C@@H](COC(=O)CCCCCCCCC)OC(=O)CCCCCCCCCCCCCC(C)C)OC(=O)CCCCCCCCCCCCCCCCCCCC. The van der Waals surface area contributed by atoms with Gasteiger partial charge in [0.2, 0.25) is 0 Å². The molecule has 17 nitrogen and oxygen atoms in total. The van der Waals surface area contributed by atoms with E-state index in [1.54, 1.807) is 0 Å². The summed E-state index contributed by atoms with van der Waals surface area (Å²) in [5.74, 6) is -1.35. The maximum absolute atomic E-state index is 13.1. The highest BCUT2D eigenvalue weighted by Gasteiger charge is 2.30. The summed E-state index contributed by atoms with van der Waals surface area (Å²) < 4.78 is 68.5. The van der Waals surface area contributed by atoms with E-state index in [-0.39, 0.29) is 25.7 Å². The Kier molecular flexibility index (Phi) is 69.6. The summed E-state index contributed by atoms with van der Waals surface area (Å²) >= 11 is 0. The molecule has 19 heteroatoms. The first kappa shape index (κ1) is 95.1. The van der Waals surface area contributed by atoms with Gasteiger partial charge >= 0.3 is 39.5 Å². The molecule has 0 radical (unpaired) electrons. The number of rotatable bonds is 78. The lowest BCUT2D eigenvalue weighted by atomic mass is 10.0. The lowest BCUT2D eigenvalue weighted by Gasteiger charge is -2.21. The number of carbonyl (C=O) groups is 4. The molecule has 97 heavy (non-hydrogen) atoms. The van der Waals surface area contributed by atoms with E-state index < -0.39 is 97.5 Å². The third kappa shape index (κ3) is 72.2. The highest BCUT2D eigenvalue weighted by molar-refractivity contribution is 7.47. The predicted octanol–water partition coefficient (Wildman–Crippen LogP) is 23.3. The molecule has 0 aliphatic heterocycles. The van der Waals surface area contributed by atoms with Crippen molar-refractivity contribution < 1.29 is 80.2 Å². The number of aliphatic hydroxyl groups excluding tert-OH is 1. The fourth-order valence-corrected chi connectivity index (χ4v) is 13.6. The van der Waals surface area contributed by atoms with Crippen molar-refractivity contribution in [3.05, 3.63) is 0 Å². The molecule has 0 aliphatic carbocycles. The quantitative estimate of drug-likeness (QED) is 0.0222. The summed E-state index contributed by atoms with van der Waals surface area (Å²) in [6.07, 6.45) is 61.2. The monoisotopic (exact) mass is 1420 g/mol. The number of unbranched alkanes of at least 4 members (excludes halogenated alkanes) is 50. The fraction of sp³-hybridized carbons (Fsp3) is 0.949. The molecule has 576 valence electrons. The van der Waals surface area contributed by atoms with Crippen LogP contribution in [-0.2, 0) is 65.4 Å². The van der Waals surface area contributed by atoms with Gasteiger partial charge < -0.3 is 33.8 Å². The first-order valence-electron chi connectivity index (χ1n) is 40.6. The Morgan fingerprint density at radius 2 is 0.474 bits per heavy atom. The molecule has 0 saturated carbocycles. The summed E-state index contributed by atoms with van der Waals surface area (Å²) in [5.41, 5.74) is 0. The largest absolute Gasteiger partial charge is 0.472 e. The molecule has 3 N–H and O–H groups in total. The van der Waals surface area contributed by atoms with Crippen LogP contribution in [0.1, 0.15) is 413 Å². The van der Waals surface area contributed by atoms with E-state index in [9.17, 15) is 43.2 Å². The van der Waals surface area contributed by atoms with Gasteiger partial charge in [-0.05, 0) is 31.6 Å². The van der Waals surface area contributed by atoms with Gasteiger partial charge in [-0.1, -0.05) is 362 Å². The zero-order valence-corrected chi connectivity index (χ0v) is 65.0. The van der Waals surface area contributed by atoms with Gasteiger partial charge in [0.1, 0.15) is 19.3 Å². The van der Waals surface area contributed by atoms with Crippen LogP contribution >= 0.6 is 15.6 Å². The van der Waals surface area contributed by atoms with Crippen LogP contribution in [-0.4, -0.2) is 96.7 Å². The van der Waals surface area contributed by atoms with Crippen LogP contribution in [0.25, 0.3) is 0 Å². The van der Waals surface area contributed by atoms with Crippen molar-refractivity contribution in [2.24, 2.45) is 5.92 Å². The number of esters is 4. The minimum absolute atomic E-state index is 0.106. The van der Waals surface area contributed by atoms with E-state index in [1.165, 1.54) is 225 Å². The van der Waals surface area contributed by atoms with E-state index >= 15 is 0 Å². The maximum atomic E-state index is 13.1. The van der Waals surface area contributed by atoms with Crippen LogP contribution in [0.4, 0.5) is 0 Å². The first-order valence-corrected chi connectivity index (χ1v) is 43.6. The molecule has 0 rings (SSSR count). The van der Waals surface area contributed by atoms with Crippen molar-refractivity contribution >= 4 is 39.5 Å². The molecule has 0 aliphatic rings. The number of hydrogen-bond donors (Lipinski definition) is 3. The Hall–Kier alpha value is -1.94. The Balaban J connectivity index is 5.18. The van der Waals surface area contributed by atoms with Gasteiger partial charge in [0.05, 0.1) is 26.4 Å². The molecule has 0 aromatic heterocycles. The number of phosphoric acid groups is 2. The summed E-state index contributed by atoms with van der Waals surface area (Å²) in [6, 6.07) is 0. The van der Waals surface area contributed by atoms with E-state index in [0.717, 1.165) is 109 Å². The van der Waals surface area contributed by atoms with Crippen LogP contribution in [0.3, 0.4) is 0 Å². The van der Waals surface area contributed by atoms with Crippen LogP contribution in [0.5, 0.6) is 0 Å². The van der Waals surface area contributed by atoms with Crippen molar-refractivity contribution in [2.45, 2.75) is 432 Å². The number of phosphoric ester groups is 2. The summed E-state index contributed by atoms with van der Waals surface area (Å²) in [5, 5.41) is 10.6. The van der Waals surface area contributed by atoms with Gasteiger partial charge in [0.15, 0.2) is 12.2 Å². The van der Waals surface area contributed by atoms with Gasteiger partial charge in [0, 0.05) is 25.7 Å². The Labute approximate surface area is 594 Å². The van der Waals surface area contributed by atoms with Gasteiger partial charge in [-0.15, -0.1) is 0 Å². The lowest BCUT2D eigenvalue weighted by molar-refractivity contribution is -0.161. The third-order valence-electron chi connectivity index (χ3n) is 18.3. The molecule has 5 atom stereocenters. The topological polar surface area (TPSA) is 237 Å². The van der Waals surface area contributed by atoms with Gasteiger partial charge in [0.25, 0.3) is 0 Å². The van der Waals surface area contributed by atoms with E-state index in [0.29, 0.717) is 25.7 Å². The second-order valence-corrected chi connectivity index (χ2v) is 31.5. The highest BCUT2D eigenvalue weighted by Crippen LogP contribution is 2.45. The molecule has 0 spiro atoms. The smallest absolute Gasteiger partial charge is 0.462 e. The number of carbonyl (C=O) groups excluding carboxylic acids is 4. The molecule has 2 unspecified atom stereocenters. The summed E-state index contributed by atoms with van der Waals surface area (Å²) in [4.78, 5) is 72.8. The van der Waals surface area contributed by atoms with Crippen LogP contribution in [0.15, 0.2) is 0 Å². The molecule has 0 amide bonds. The van der Waals surface area contributed by atoms with Crippen LogP contribution in [0, 0.1) is 5.92 Å². The molecule has 0 saturated heterocycles. The van der Waals surface area contributed by atoms with E-state index in [2.05, 4.69) is 34.6 Å². The van der Waals surface area contributed by atoms with Crippen molar-refractivity contribution in [3.63, 3.8) is 0 Å². The van der Waals surface area contributed by atoms with Gasteiger partial charge in [-0.25, -0.2) is 9.13 Å². The first-order chi connectivity index (χ1) is 47.0. The summed E-state index contributed by atoms with van der Waals surface area (Å²) in [7, 11) is -9.91. The van der Waals surface area contributed by atoms with Crippen molar-refractivity contribution in [1.29, 1.82) is 0 Å². The van der Waals surface area contributed by atoms with Gasteiger partial charge in [-0.3, -0.25) is 37.3 Å². The average Bonchev–Trinajstić information content (AvgIpc) is 1.31. The summed E-state index contributed by atoms with van der Waals surface area (Å²) in [6.45, 7) is 7.27. The highest BCUT2D eigenvalue weighted by atomic mass is 31.2. The Bertz CT molecular complexity index is 1860. The molecule has 0 heterocycles. The van der Waals surface area contributed by atoms with Gasteiger partial charge in [-0.2, -0.15) is 0 Å². The number of hydrogen-bond acceptors (Lipinski definition) is 15. The second kappa shape index (κ2) is 71.1.